The maximum Gasteiger partial charge on any atom is 0.338 e. The third-order valence-electron chi connectivity index (χ3n) is 3.20. The van der Waals surface area contributed by atoms with Crippen LogP contribution in [0.3, 0.4) is 0 Å². The summed E-state index contributed by atoms with van der Waals surface area (Å²) >= 11 is 0. The van der Waals surface area contributed by atoms with E-state index in [0.717, 1.165) is 12.1 Å². The topological polar surface area (TPSA) is 69.7 Å². The van der Waals surface area contributed by atoms with Gasteiger partial charge in [-0.3, -0.25) is 4.79 Å². The molecule has 118 valence electrons. The number of benzene rings is 2. The molecule has 0 N–H and O–H groups in total. The van der Waals surface area contributed by atoms with Gasteiger partial charge in [-0.2, -0.15) is 0 Å². The van der Waals surface area contributed by atoms with Crippen molar-refractivity contribution in [3.63, 3.8) is 0 Å². The molecule has 6 heteroatoms. The molecule has 0 atom stereocenters. The Balaban J connectivity index is 2.52. The molecule has 5 nitrogen and oxygen atoms in total. The van der Waals surface area contributed by atoms with Gasteiger partial charge in [0.15, 0.2) is 5.78 Å². The first kappa shape index (κ1) is 16.4. The van der Waals surface area contributed by atoms with Crippen molar-refractivity contribution in [1.82, 2.24) is 0 Å². The molecular weight excluding hydrogens is 303 g/mol. The number of carbonyl (C=O) groups is 3. The highest BCUT2D eigenvalue weighted by molar-refractivity contribution is 6.15. The molecule has 0 bridgehead atoms. The fourth-order valence-electron chi connectivity index (χ4n) is 2.02. The van der Waals surface area contributed by atoms with Gasteiger partial charge in [-0.05, 0) is 42.5 Å². The van der Waals surface area contributed by atoms with Crippen LogP contribution >= 0.6 is 0 Å². The van der Waals surface area contributed by atoms with E-state index < -0.39 is 23.5 Å². The lowest BCUT2D eigenvalue weighted by Gasteiger charge is -2.09. The molecule has 0 spiro atoms. The van der Waals surface area contributed by atoms with E-state index in [2.05, 4.69) is 9.47 Å². The summed E-state index contributed by atoms with van der Waals surface area (Å²) < 4.78 is 22.2. The summed E-state index contributed by atoms with van der Waals surface area (Å²) in [4.78, 5) is 36.0. The Labute approximate surface area is 131 Å². The van der Waals surface area contributed by atoms with Gasteiger partial charge in [0.25, 0.3) is 0 Å². The molecular formula is C17H13FO5. The molecule has 2 rings (SSSR count). The molecule has 0 heterocycles. The quantitative estimate of drug-likeness (QED) is 0.640. The summed E-state index contributed by atoms with van der Waals surface area (Å²) in [6.45, 7) is 0. The second-order valence-corrected chi connectivity index (χ2v) is 4.58. The number of halogens is 1. The van der Waals surface area contributed by atoms with Crippen molar-refractivity contribution in [3.8, 4) is 0 Å². The maximum atomic E-state index is 13.0. The van der Waals surface area contributed by atoms with Crippen LogP contribution in [-0.2, 0) is 9.47 Å². The summed E-state index contributed by atoms with van der Waals surface area (Å²) in [6, 6.07) is 8.86. The van der Waals surface area contributed by atoms with Crippen molar-refractivity contribution in [2.24, 2.45) is 0 Å². The predicted molar refractivity (Wildman–Crippen MR) is 79.0 cm³/mol. The number of ether oxygens (including phenoxy) is 2. The van der Waals surface area contributed by atoms with E-state index in [9.17, 15) is 18.8 Å². The number of ketones is 1. The molecule has 0 aliphatic heterocycles. The molecule has 2 aromatic carbocycles. The Morgan fingerprint density at radius 2 is 1.35 bits per heavy atom. The molecule has 0 radical (unpaired) electrons. The summed E-state index contributed by atoms with van der Waals surface area (Å²) in [5.74, 6) is -2.37. The number of esters is 2. The van der Waals surface area contributed by atoms with Crippen molar-refractivity contribution < 1.29 is 28.2 Å². The summed E-state index contributed by atoms with van der Waals surface area (Å²) in [5, 5.41) is 0. The molecule has 23 heavy (non-hydrogen) atoms. The van der Waals surface area contributed by atoms with E-state index >= 15 is 0 Å². The minimum atomic E-state index is -0.763. The van der Waals surface area contributed by atoms with E-state index in [-0.39, 0.29) is 22.3 Å². The molecule has 0 aromatic heterocycles. The van der Waals surface area contributed by atoms with E-state index in [1.165, 1.54) is 44.6 Å². The average molecular weight is 316 g/mol. The monoisotopic (exact) mass is 316 g/mol. The van der Waals surface area contributed by atoms with Gasteiger partial charge in [-0.25, -0.2) is 14.0 Å². The Morgan fingerprint density at radius 3 is 1.91 bits per heavy atom. The number of methoxy groups -OCH3 is 2. The van der Waals surface area contributed by atoms with Gasteiger partial charge in [0.05, 0.1) is 25.3 Å². The average Bonchev–Trinajstić information content (AvgIpc) is 2.59. The van der Waals surface area contributed by atoms with Crippen molar-refractivity contribution >= 4 is 17.7 Å². The van der Waals surface area contributed by atoms with Gasteiger partial charge in [0, 0.05) is 11.1 Å². The molecule has 0 fully saturated rings. The lowest BCUT2D eigenvalue weighted by Crippen LogP contribution is -2.13. The summed E-state index contributed by atoms with van der Waals surface area (Å²) in [6.07, 6.45) is 0. The highest BCUT2D eigenvalue weighted by Crippen LogP contribution is 2.19. The molecule has 0 saturated carbocycles. The Bertz CT molecular complexity index is 765. The maximum absolute atomic E-state index is 13.0. The van der Waals surface area contributed by atoms with Crippen LogP contribution in [0.4, 0.5) is 4.39 Å². The predicted octanol–water partition coefficient (Wildman–Crippen LogP) is 2.63. The first-order chi connectivity index (χ1) is 11.0. The highest BCUT2D eigenvalue weighted by atomic mass is 19.1. The van der Waals surface area contributed by atoms with Crippen molar-refractivity contribution in [2.45, 2.75) is 0 Å². The first-order valence-corrected chi connectivity index (χ1v) is 6.59. The van der Waals surface area contributed by atoms with E-state index in [4.69, 9.17) is 0 Å². The lowest BCUT2D eigenvalue weighted by molar-refractivity contribution is 0.0596. The molecule has 0 aliphatic rings. The molecule has 2 aromatic rings. The minimum absolute atomic E-state index is 0.0520. The number of hydrogen-bond acceptors (Lipinski definition) is 5. The zero-order valence-corrected chi connectivity index (χ0v) is 12.5. The van der Waals surface area contributed by atoms with Crippen LogP contribution in [-0.4, -0.2) is 31.9 Å². The normalized spacial score (nSPS) is 10.0. The smallest absolute Gasteiger partial charge is 0.338 e. The largest absolute Gasteiger partial charge is 0.465 e. The van der Waals surface area contributed by atoms with Crippen LogP contribution in [0, 0.1) is 5.82 Å². The number of rotatable bonds is 4. The molecule has 0 aliphatic carbocycles. The SMILES string of the molecule is COC(=O)c1ccc(C(=O)c2ccc(F)cc2)c(C(=O)OC)c1. The zero-order valence-electron chi connectivity index (χ0n) is 12.5. The zero-order chi connectivity index (χ0) is 17.0. The van der Waals surface area contributed by atoms with Crippen molar-refractivity contribution in [1.29, 1.82) is 0 Å². The fraction of sp³-hybridized carbons (Fsp3) is 0.118. The second kappa shape index (κ2) is 6.83. The standard InChI is InChI=1S/C17H13FO5/c1-22-16(20)11-5-8-13(14(9-11)17(21)23-2)15(19)10-3-6-12(18)7-4-10/h3-9H,1-2H3. The van der Waals surface area contributed by atoms with Crippen molar-refractivity contribution in [3.05, 3.63) is 70.5 Å². The third kappa shape index (κ3) is 3.42. The lowest BCUT2D eigenvalue weighted by atomic mass is 9.96. The van der Waals surface area contributed by atoms with Crippen LogP contribution in [0.1, 0.15) is 36.6 Å². The van der Waals surface area contributed by atoms with Gasteiger partial charge in [0.2, 0.25) is 0 Å². The van der Waals surface area contributed by atoms with Crippen LogP contribution in [0.25, 0.3) is 0 Å². The van der Waals surface area contributed by atoms with Gasteiger partial charge >= 0.3 is 11.9 Å². The van der Waals surface area contributed by atoms with Gasteiger partial charge in [0.1, 0.15) is 5.82 Å². The van der Waals surface area contributed by atoms with Crippen LogP contribution in [0.2, 0.25) is 0 Å². The van der Waals surface area contributed by atoms with Crippen LogP contribution in [0.15, 0.2) is 42.5 Å². The Hall–Kier alpha value is -3.02. The van der Waals surface area contributed by atoms with E-state index in [0.29, 0.717) is 0 Å². The Morgan fingerprint density at radius 1 is 0.783 bits per heavy atom. The minimum Gasteiger partial charge on any atom is -0.465 e. The molecule has 0 saturated heterocycles. The summed E-state index contributed by atoms with van der Waals surface area (Å²) in [7, 11) is 2.37. The fourth-order valence-corrected chi connectivity index (χ4v) is 2.02. The van der Waals surface area contributed by atoms with Crippen LogP contribution < -0.4 is 0 Å². The second-order valence-electron chi connectivity index (χ2n) is 4.58. The third-order valence-corrected chi connectivity index (χ3v) is 3.20. The van der Waals surface area contributed by atoms with E-state index in [1.807, 2.05) is 0 Å². The summed E-state index contributed by atoms with van der Waals surface area (Å²) in [5.41, 5.74) is 0.312. The molecule has 0 amide bonds. The van der Waals surface area contributed by atoms with Gasteiger partial charge in [-0.15, -0.1) is 0 Å². The van der Waals surface area contributed by atoms with Crippen LogP contribution in [0.5, 0.6) is 0 Å². The number of carbonyl (C=O) groups excluding carboxylic acids is 3. The van der Waals surface area contributed by atoms with Gasteiger partial charge in [-0.1, -0.05) is 0 Å². The first-order valence-electron chi connectivity index (χ1n) is 6.59. The van der Waals surface area contributed by atoms with E-state index in [1.54, 1.807) is 0 Å². The highest BCUT2D eigenvalue weighted by Gasteiger charge is 2.21. The van der Waals surface area contributed by atoms with Gasteiger partial charge < -0.3 is 9.47 Å². The van der Waals surface area contributed by atoms with Crippen molar-refractivity contribution in [2.75, 3.05) is 14.2 Å². The number of hydrogen-bond donors (Lipinski definition) is 0. The molecule has 0 unspecified atom stereocenters. The Kier molecular flexibility index (Phi) is 4.85.